The quantitative estimate of drug-likeness (QED) is 0.572. The molecule has 0 N–H and O–H groups in total. The van der Waals surface area contributed by atoms with Crippen molar-refractivity contribution in [3.63, 3.8) is 0 Å². The number of carbonyl (C=O) groups is 1. The molecule has 31 heavy (non-hydrogen) atoms. The first-order chi connectivity index (χ1) is 15.1. The van der Waals surface area contributed by atoms with E-state index in [1.807, 2.05) is 60.4 Å². The molecule has 2 aromatic carbocycles. The molecule has 1 saturated heterocycles. The van der Waals surface area contributed by atoms with Crippen LogP contribution in [-0.4, -0.2) is 59.1 Å². The zero-order valence-corrected chi connectivity index (χ0v) is 17.8. The van der Waals surface area contributed by atoms with Gasteiger partial charge in [-0.3, -0.25) is 9.69 Å². The third-order valence-electron chi connectivity index (χ3n) is 5.32. The molecule has 0 aliphatic carbocycles. The highest BCUT2D eigenvalue weighted by Gasteiger charge is 2.21. The van der Waals surface area contributed by atoms with Crippen molar-refractivity contribution in [2.45, 2.75) is 13.5 Å². The molecule has 0 atom stereocenters. The smallest absolute Gasteiger partial charge is 0.246 e. The summed E-state index contributed by atoms with van der Waals surface area (Å²) in [5, 5.41) is 4.08. The summed E-state index contributed by atoms with van der Waals surface area (Å²) < 4.78 is 10.6. The maximum absolute atomic E-state index is 12.5. The second kappa shape index (κ2) is 9.57. The van der Waals surface area contributed by atoms with Gasteiger partial charge >= 0.3 is 0 Å². The normalized spacial score (nSPS) is 14.8. The molecule has 3 aromatic rings. The first-order valence-corrected chi connectivity index (χ1v) is 10.3. The molecule has 0 radical (unpaired) electrons. The Labute approximate surface area is 181 Å². The minimum Gasteiger partial charge on any atom is -0.497 e. The molecule has 1 aliphatic heterocycles. The third-order valence-corrected chi connectivity index (χ3v) is 5.32. The molecule has 0 unspecified atom stereocenters. The molecule has 7 heteroatoms. The van der Waals surface area contributed by atoms with Gasteiger partial charge < -0.3 is 14.2 Å². The van der Waals surface area contributed by atoms with Gasteiger partial charge in [0.05, 0.1) is 13.7 Å². The van der Waals surface area contributed by atoms with E-state index in [1.54, 1.807) is 13.2 Å². The van der Waals surface area contributed by atoms with Crippen molar-refractivity contribution >= 4 is 12.0 Å². The maximum atomic E-state index is 12.5. The highest BCUT2D eigenvalue weighted by atomic mass is 16.5. The van der Waals surface area contributed by atoms with E-state index >= 15 is 0 Å². The summed E-state index contributed by atoms with van der Waals surface area (Å²) in [7, 11) is 1.63. The van der Waals surface area contributed by atoms with Crippen molar-refractivity contribution in [1.29, 1.82) is 0 Å². The van der Waals surface area contributed by atoms with E-state index in [0.29, 0.717) is 31.3 Å². The fraction of sp³-hybridized carbons (Fsp3) is 0.292. The van der Waals surface area contributed by atoms with Gasteiger partial charge in [-0.1, -0.05) is 35.0 Å². The number of ether oxygens (including phenoxy) is 1. The number of rotatable bonds is 6. The van der Waals surface area contributed by atoms with Crippen molar-refractivity contribution in [3.8, 4) is 17.1 Å². The Morgan fingerprint density at radius 3 is 2.61 bits per heavy atom. The lowest BCUT2D eigenvalue weighted by Crippen LogP contribution is -2.47. The number of aromatic nitrogens is 2. The van der Waals surface area contributed by atoms with Gasteiger partial charge in [-0.2, -0.15) is 4.98 Å². The standard InChI is InChI=1S/C24H26N4O3/c1-18-4-3-5-19(16-18)6-11-23(29)28-14-12-27(13-15-28)17-22-25-24(26-31-22)20-7-9-21(30-2)10-8-20/h3-11,16H,12-15,17H2,1-2H3/b11-6+. The van der Waals surface area contributed by atoms with Crippen LogP contribution in [0.3, 0.4) is 0 Å². The van der Waals surface area contributed by atoms with Crippen LogP contribution in [-0.2, 0) is 11.3 Å². The molecule has 1 fully saturated rings. The minimum atomic E-state index is 0.0424. The lowest BCUT2D eigenvalue weighted by Gasteiger charge is -2.33. The van der Waals surface area contributed by atoms with Gasteiger partial charge in [0.1, 0.15) is 5.75 Å². The average molecular weight is 418 g/mol. The fourth-order valence-corrected chi connectivity index (χ4v) is 3.54. The monoisotopic (exact) mass is 418 g/mol. The minimum absolute atomic E-state index is 0.0424. The van der Waals surface area contributed by atoms with Crippen molar-refractivity contribution in [3.05, 3.63) is 71.6 Å². The summed E-state index contributed by atoms with van der Waals surface area (Å²) in [5.41, 5.74) is 3.10. The summed E-state index contributed by atoms with van der Waals surface area (Å²) in [6, 6.07) is 15.7. The molecule has 4 rings (SSSR count). The number of hydrogen-bond acceptors (Lipinski definition) is 6. The van der Waals surface area contributed by atoms with Gasteiger partial charge in [0.25, 0.3) is 0 Å². The van der Waals surface area contributed by atoms with E-state index in [4.69, 9.17) is 9.26 Å². The Balaban J connectivity index is 1.28. The fourth-order valence-electron chi connectivity index (χ4n) is 3.54. The van der Waals surface area contributed by atoms with Crippen molar-refractivity contribution < 1.29 is 14.1 Å². The molecule has 0 saturated carbocycles. The number of piperazine rings is 1. The molecule has 160 valence electrons. The Morgan fingerprint density at radius 1 is 1.13 bits per heavy atom. The number of hydrogen-bond donors (Lipinski definition) is 0. The molecule has 1 aromatic heterocycles. The van der Waals surface area contributed by atoms with E-state index < -0.39 is 0 Å². The molecular formula is C24H26N4O3. The zero-order valence-electron chi connectivity index (χ0n) is 17.8. The number of benzene rings is 2. The Bertz CT molecular complexity index is 1050. The third kappa shape index (κ3) is 5.38. The Hall–Kier alpha value is -3.45. The largest absolute Gasteiger partial charge is 0.497 e. The van der Waals surface area contributed by atoms with E-state index in [2.05, 4.69) is 21.1 Å². The number of nitrogens with zero attached hydrogens (tertiary/aromatic N) is 4. The molecule has 1 amide bonds. The van der Waals surface area contributed by atoms with E-state index in [9.17, 15) is 4.79 Å². The lowest BCUT2D eigenvalue weighted by atomic mass is 10.1. The predicted octanol–water partition coefficient (Wildman–Crippen LogP) is 3.41. The van der Waals surface area contributed by atoms with Crippen LogP contribution in [0.1, 0.15) is 17.0 Å². The number of amides is 1. The summed E-state index contributed by atoms with van der Waals surface area (Å²) in [5.74, 6) is 1.96. The maximum Gasteiger partial charge on any atom is 0.246 e. The molecule has 2 heterocycles. The van der Waals surface area contributed by atoms with Gasteiger partial charge in [-0.05, 0) is 42.8 Å². The Kier molecular flexibility index (Phi) is 6.43. The van der Waals surface area contributed by atoms with Crippen molar-refractivity contribution in [1.82, 2.24) is 19.9 Å². The zero-order chi connectivity index (χ0) is 21.6. The predicted molar refractivity (Wildman–Crippen MR) is 118 cm³/mol. The molecule has 1 aliphatic rings. The summed E-state index contributed by atoms with van der Waals surface area (Å²) >= 11 is 0. The van der Waals surface area contributed by atoms with Gasteiger partial charge in [0, 0.05) is 37.8 Å². The van der Waals surface area contributed by atoms with Crippen LogP contribution in [0.25, 0.3) is 17.5 Å². The molecule has 0 bridgehead atoms. The lowest BCUT2D eigenvalue weighted by molar-refractivity contribution is -0.127. The van der Waals surface area contributed by atoms with Gasteiger partial charge in [-0.25, -0.2) is 0 Å². The van der Waals surface area contributed by atoms with E-state index in [-0.39, 0.29) is 5.91 Å². The van der Waals surface area contributed by atoms with Crippen LogP contribution >= 0.6 is 0 Å². The van der Waals surface area contributed by atoms with Crippen LogP contribution in [0.2, 0.25) is 0 Å². The number of aryl methyl sites for hydroxylation is 1. The Morgan fingerprint density at radius 2 is 1.90 bits per heavy atom. The van der Waals surface area contributed by atoms with E-state index in [0.717, 1.165) is 30.0 Å². The first-order valence-electron chi connectivity index (χ1n) is 10.3. The highest BCUT2D eigenvalue weighted by molar-refractivity contribution is 5.91. The van der Waals surface area contributed by atoms with Crippen LogP contribution < -0.4 is 4.74 Å². The van der Waals surface area contributed by atoms with Crippen molar-refractivity contribution in [2.75, 3.05) is 33.3 Å². The van der Waals surface area contributed by atoms with E-state index in [1.165, 1.54) is 5.56 Å². The first kappa shape index (κ1) is 20.8. The van der Waals surface area contributed by atoms with Crippen molar-refractivity contribution in [2.24, 2.45) is 0 Å². The molecular weight excluding hydrogens is 392 g/mol. The average Bonchev–Trinajstić information content (AvgIpc) is 3.26. The SMILES string of the molecule is COc1ccc(-c2noc(CN3CCN(C(=O)/C=C/c4cccc(C)c4)CC3)n2)cc1. The number of methoxy groups -OCH3 is 1. The van der Waals surface area contributed by atoms with Gasteiger partial charge in [0.2, 0.25) is 17.6 Å². The highest BCUT2D eigenvalue weighted by Crippen LogP contribution is 2.20. The van der Waals surface area contributed by atoms with Gasteiger partial charge in [0.15, 0.2) is 0 Å². The summed E-state index contributed by atoms with van der Waals surface area (Å²) in [6.07, 6.45) is 3.53. The van der Waals surface area contributed by atoms with Crippen LogP contribution in [0.15, 0.2) is 59.1 Å². The van der Waals surface area contributed by atoms with Crippen LogP contribution in [0.5, 0.6) is 5.75 Å². The number of carbonyl (C=O) groups excluding carboxylic acids is 1. The van der Waals surface area contributed by atoms with Gasteiger partial charge in [-0.15, -0.1) is 0 Å². The molecule has 0 spiro atoms. The summed E-state index contributed by atoms with van der Waals surface area (Å²) in [6.45, 7) is 5.51. The topological polar surface area (TPSA) is 71.7 Å². The molecule has 7 nitrogen and oxygen atoms in total. The van der Waals surface area contributed by atoms with Crippen LogP contribution in [0.4, 0.5) is 0 Å². The second-order valence-electron chi connectivity index (χ2n) is 7.59. The van der Waals surface area contributed by atoms with Crippen LogP contribution in [0, 0.1) is 6.92 Å². The summed E-state index contributed by atoms with van der Waals surface area (Å²) in [4.78, 5) is 21.1. The second-order valence-corrected chi connectivity index (χ2v) is 7.59.